The van der Waals surface area contributed by atoms with E-state index < -0.39 is 0 Å². The smallest absolute Gasteiger partial charge is 0.140 e. The molecule has 0 fully saturated rings. The second-order valence-electron chi connectivity index (χ2n) is 3.14. The highest BCUT2D eigenvalue weighted by Crippen LogP contribution is 2.18. The van der Waals surface area contributed by atoms with Gasteiger partial charge < -0.3 is 4.74 Å². The van der Waals surface area contributed by atoms with Crippen LogP contribution in [0.3, 0.4) is 0 Å². The first kappa shape index (κ1) is 10.0. The largest absolute Gasteiger partial charge is 0.495 e. The molecule has 0 atom stereocenters. The maximum Gasteiger partial charge on any atom is 0.140 e. The predicted octanol–water partition coefficient (Wildman–Crippen LogP) is 2.82. The number of rotatable bonds is 5. The Morgan fingerprint density at radius 1 is 1.38 bits per heavy atom. The molecule has 0 N–H and O–H groups in total. The summed E-state index contributed by atoms with van der Waals surface area (Å²) in [5.41, 5.74) is 1.27. The SMILES string of the molecule is CCCCCc1ccncc1OC. The second-order valence-corrected chi connectivity index (χ2v) is 3.14. The summed E-state index contributed by atoms with van der Waals surface area (Å²) in [6.07, 6.45) is 8.47. The van der Waals surface area contributed by atoms with Crippen LogP contribution in [0.2, 0.25) is 0 Å². The van der Waals surface area contributed by atoms with Crippen molar-refractivity contribution in [3.8, 4) is 5.75 Å². The first-order valence-corrected chi connectivity index (χ1v) is 4.85. The van der Waals surface area contributed by atoms with Crippen LogP contribution >= 0.6 is 0 Å². The Bertz CT molecular complexity index is 248. The fourth-order valence-electron chi connectivity index (χ4n) is 1.36. The summed E-state index contributed by atoms with van der Waals surface area (Å²) in [7, 11) is 1.69. The highest BCUT2D eigenvalue weighted by atomic mass is 16.5. The van der Waals surface area contributed by atoms with Crippen LogP contribution in [0.4, 0.5) is 0 Å². The van der Waals surface area contributed by atoms with Crippen LogP contribution in [0, 0.1) is 0 Å². The number of pyridine rings is 1. The van der Waals surface area contributed by atoms with E-state index in [9.17, 15) is 0 Å². The van der Waals surface area contributed by atoms with Crippen LogP contribution in [0.15, 0.2) is 18.5 Å². The molecule has 0 unspecified atom stereocenters. The number of ether oxygens (including phenoxy) is 1. The molecule has 0 radical (unpaired) electrons. The molecule has 0 aliphatic carbocycles. The van der Waals surface area contributed by atoms with Crippen molar-refractivity contribution in [2.75, 3.05) is 7.11 Å². The van der Waals surface area contributed by atoms with E-state index in [2.05, 4.69) is 11.9 Å². The van der Waals surface area contributed by atoms with Gasteiger partial charge >= 0.3 is 0 Å². The van der Waals surface area contributed by atoms with Crippen LogP contribution in [-0.2, 0) is 6.42 Å². The Kier molecular flexibility index (Phi) is 4.30. The zero-order valence-electron chi connectivity index (χ0n) is 8.42. The third-order valence-corrected chi connectivity index (χ3v) is 2.14. The number of methoxy groups -OCH3 is 1. The Morgan fingerprint density at radius 3 is 2.92 bits per heavy atom. The van der Waals surface area contributed by atoms with Crippen molar-refractivity contribution in [2.45, 2.75) is 32.6 Å². The number of aryl methyl sites for hydroxylation is 1. The first-order valence-electron chi connectivity index (χ1n) is 4.85. The summed E-state index contributed by atoms with van der Waals surface area (Å²) in [5.74, 6) is 0.915. The van der Waals surface area contributed by atoms with Crippen molar-refractivity contribution in [2.24, 2.45) is 0 Å². The van der Waals surface area contributed by atoms with Gasteiger partial charge in [-0.25, -0.2) is 0 Å². The van der Waals surface area contributed by atoms with Gasteiger partial charge in [0.25, 0.3) is 0 Å². The van der Waals surface area contributed by atoms with Crippen molar-refractivity contribution >= 4 is 0 Å². The van der Waals surface area contributed by atoms with Crippen LogP contribution in [0.25, 0.3) is 0 Å². The zero-order chi connectivity index (χ0) is 9.52. The van der Waals surface area contributed by atoms with Crippen molar-refractivity contribution < 1.29 is 4.74 Å². The molecule has 1 heterocycles. The average Bonchev–Trinajstić information content (AvgIpc) is 2.19. The van der Waals surface area contributed by atoms with Gasteiger partial charge in [0.2, 0.25) is 0 Å². The number of aromatic nitrogens is 1. The van der Waals surface area contributed by atoms with Gasteiger partial charge in [-0.1, -0.05) is 19.8 Å². The molecule has 0 saturated carbocycles. The fourth-order valence-corrected chi connectivity index (χ4v) is 1.36. The maximum atomic E-state index is 5.21. The molecule has 1 aromatic heterocycles. The number of nitrogens with zero attached hydrogens (tertiary/aromatic N) is 1. The van der Waals surface area contributed by atoms with Gasteiger partial charge in [0.1, 0.15) is 5.75 Å². The lowest BCUT2D eigenvalue weighted by Gasteiger charge is -2.06. The van der Waals surface area contributed by atoms with Crippen LogP contribution < -0.4 is 4.74 Å². The van der Waals surface area contributed by atoms with E-state index in [0.29, 0.717) is 0 Å². The summed E-state index contributed by atoms with van der Waals surface area (Å²) < 4.78 is 5.21. The van der Waals surface area contributed by atoms with Crippen LogP contribution in [-0.4, -0.2) is 12.1 Å². The summed E-state index contributed by atoms with van der Waals surface area (Å²) in [5, 5.41) is 0. The lowest BCUT2D eigenvalue weighted by Crippen LogP contribution is -1.92. The minimum absolute atomic E-state index is 0.915. The van der Waals surface area contributed by atoms with E-state index in [1.54, 1.807) is 13.3 Å². The highest BCUT2D eigenvalue weighted by Gasteiger charge is 2.00. The number of hydrogen-bond acceptors (Lipinski definition) is 2. The molecular formula is C11H17NO. The summed E-state index contributed by atoms with van der Waals surface area (Å²) in [6, 6.07) is 2.04. The summed E-state index contributed by atoms with van der Waals surface area (Å²) in [4.78, 5) is 4.02. The van der Waals surface area contributed by atoms with E-state index in [1.165, 1.54) is 24.8 Å². The third kappa shape index (κ3) is 3.05. The standard InChI is InChI=1S/C11H17NO/c1-3-4-5-6-10-7-8-12-9-11(10)13-2/h7-9H,3-6H2,1-2H3. The van der Waals surface area contributed by atoms with Gasteiger partial charge in [-0.15, -0.1) is 0 Å². The van der Waals surface area contributed by atoms with Crippen LogP contribution in [0.1, 0.15) is 31.7 Å². The van der Waals surface area contributed by atoms with Gasteiger partial charge in [-0.2, -0.15) is 0 Å². The Hall–Kier alpha value is -1.05. The van der Waals surface area contributed by atoms with Crippen molar-refractivity contribution in [1.29, 1.82) is 0 Å². The first-order chi connectivity index (χ1) is 6.38. The molecule has 0 saturated heterocycles. The van der Waals surface area contributed by atoms with E-state index >= 15 is 0 Å². The van der Waals surface area contributed by atoms with Gasteiger partial charge in [-0.3, -0.25) is 4.98 Å². The van der Waals surface area contributed by atoms with Gasteiger partial charge in [0.05, 0.1) is 13.3 Å². The Labute approximate surface area is 80.0 Å². The van der Waals surface area contributed by atoms with E-state index in [0.717, 1.165) is 12.2 Å². The normalized spacial score (nSPS) is 10.0. The second kappa shape index (κ2) is 5.57. The van der Waals surface area contributed by atoms with E-state index in [-0.39, 0.29) is 0 Å². The minimum Gasteiger partial charge on any atom is -0.495 e. The molecule has 2 heteroatoms. The van der Waals surface area contributed by atoms with E-state index in [1.807, 2.05) is 12.3 Å². The van der Waals surface area contributed by atoms with Crippen LogP contribution in [0.5, 0.6) is 5.75 Å². The van der Waals surface area contributed by atoms with Crippen molar-refractivity contribution in [3.63, 3.8) is 0 Å². The van der Waals surface area contributed by atoms with E-state index in [4.69, 9.17) is 4.74 Å². The average molecular weight is 179 g/mol. The van der Waals surface area contributed by atoms with Gasteiger partial charge in [-0.05, 0) is 24.5 Å². The highest BCUT2D eigenvalue weighted by molar-refractivity contribution is 5.29. The number of unbranched alkanes of at least 4 members (excludes halogenated alkanes) is 2. The molecule has 1 aromatic rings. The maximum absolute atomic E-state index is 5.21. The molecule has 0 bridgehead atoms. The Morgan fingerprint density at radius 2 is 2.23 bits per heavy atom. The summed E-state index contributed by atoms with van der Waals surface area (Å²) in [6.45, 7) is 2.21. The lowest BCUT2D eigenvalue weighted by atomic mass is 10.1. The molecular weight excluding hydrogens is 162 g/mol. The topological polar surface area (TPSA) is 22.1 Å². The monoisotopic (exact) mass is 179 g/mol. The van der Waals surface area contributed by atoms with Gasteiger partial charge in [0.15, 0.2) is 0 Å². The van der Waals surface area contributed by atoms with Gasteiger partial charge in [0, 0.05) is 6.20 Å². The fraction of sp³-hybridized carbons (Fsp3) is 0.545. The van der Waals surface area contributed by atoms with Crippen molar-refractivity contribution in [1.82, 2.24) is 4.98 Å². The molecule has 72 valence electrons. The zero-order valence-corrected chi connectivity index (χ0v) is 8.42. The third-order valence-electron chi connectivity index (χ3n) is 2.14. The predicted molar refractivity (Wildman–Crippen MR) is 54.0 cm³/mol. The van der Waals surface area contributed by atoms with Crippen molar-refractivity contribution in [3.05, 3.63) is 24.0 Å². The summed E-state index contributed by atoms with van der Waals surface area (Å²) >= 11 is 0. The molecule has 1 rings (SSSR count). The Balaban J connectivity index is 2.54. The molecule has 0 aliphatic heterocycles. The molecule has 0 spiro atoms. The lowest BCUT2D eigenvalue weighted by molar-refractivity contribution is 0.407. The molecule has 0 amide bonds. The molecule has 2 nitrogen and oxygen atoms in total. The quantitative estimate of drug-likeness (QED) is 0.648. The number of hydrogen-bond donors (Lipinski definition) is 0. The minimum atomic E-state index is 0.915. The molecule has 13 heavy (non-hydrogen) atoms. The molecule has 0 aromatic carbocycles. The molecule has 0 aliphatic rings.